The third kappa shape index (κ3) is 5.47. The zero-order valence-electron chi connectivity index (χ0n) is 6.40. The Bertz CT molecular complexity index is 114. The summed E-state index contributed by atoms with van der Waals surface area (Å²) < 4.78 is 13.9. The molecule has 2 nitrogen and oxygen atoms in total. The van der Waals surface area contributed by atoms with Crippen molar-refractivity contribution >= 4 is 5.91 Å². The molecule has 0 bridgehead atoms. The van der Waals surface area contributed by atoms with Gasteiger partial charge in [-0.05, 0) is 6.42 Å². The van der Waals surface area contributed by atoms with Crippen molar-refractivity contribution in [2.45, 2.75) is 26.1 Å². The first-order valence-corrected chi connectivity index (χ1v) is 2.30. The summed E-state index contributed by atoms with van der Waals surface area (Å²) in [7, 11) is 0. The van der Waals surface area contributed by atoms with Gasteiger partial charge in [0.25, 0.3) is 0 Å². The van der Waals surface area contributed by atoms with Crippen LogP contribution >= 0.6 is 0 Å². The third-order valence-corrected chi connectivity index (χ3v) is 0.549. The lowest BCUT2D eigenvalue weighted by Crippen LogP contribution is -2.09. The molecule has 0 saturated carbocycles. The van der Waals surface area contributed by atoms with E-state index in [1.54, 1.807) is 6.92 Å². The van der Waals surface area contributed by atoms with Gasteiger partial charge in [-0.2, -0.15) is 0 Å². The Labute approximate surface area is 46.5 Å². The summed E-state index contributed by atoms with van der Waals surface area (Å²) in [6.45, 7) is 1.81. The van der Waals surface area contributed by atoms with E-state index < -0.39 is 12.3 Å². The molecule has 0 spiro atoms. The van der Waals surface area contributed by atoms with Crippen LogP contribution < -0.4 is 5.73 Å². The Morgan fingerprint density at radius 1 is 2.00 bits per heavy atom. The maximum atomic E-state index is 10.3. The molecule has 0 aromatic rings. The van der Waals surface area contributed by atoms with Crippen LogP contribution in [-0.4, -0.2) is 5.91 Å². The van der Waals surface area contributed by atoms with Crippen molar-refractivity contribution in [3.63, 3.8) is 0 Å². The first-order valence-electron chi connectivity index (χ1n) is 3.30. The molecule has 0 atom stereocenters. The Morgan fingerprint density at radius 3 is 2.71 bits per heavy atom. The first kappa shape index (κ1) is 3.47. The predicted molar refractivity (Wildman–Crippen MR) is 28.7 cm³/mol. The van der Waals surface area contributed by atoms with Gasteiger partial charge in [0, 0.05) is 9.11 Å². The summed E-state index contributed by atoms with van der Waals surface area (Å²) in [5.74, 6) is -0.871. The normalized spacial score (nSPS) is 15.0. The molecule has 0 saturated heterocycles. The van der Waals surface area contributed by atoms with E-state index in [4.69, 9.17) is 8.48 Å². The molecule has 0 aromatic carbocycles. The zero-order valence-corrected chi connectivity index (χ0v) is 4.40. The van der Waals surface area contributed by atoms with Crippen LogP contribution in [0.15, 0.2) is 0 Å². The lowest BCUT2D eigenvalue weighted by atomic mass is 10.2. The van der Waals surface area contributed by atoms with Crippen molar-refractivity contribution in [1.29, 1.82) is 0 Å². The van der Waals surface area contributed by atoms with E-state index >= 15 is 0 Å². The molecule has 0 aliphatic heterocycles. The number of amides is 1. The highest BCUT2D eigenvalue weighted by Gasteiger charge is 1.88. The van der Waals surface area contributed by atoms with E-state index in [0.29, 0.717) is 6.42 Å². The zero-order chi connectivity index (χ0) is 7.49. The number of primary amides is 1. The molecular weight excluding hydrogens is 90.1 g/mol. The number of nitrogens with two attached hydrogens (primary N) is 1. The fourth-order valence-electron chi connectivity index (χ4n) is 0.248. The highest BCUT2D eigenvalue weighted by Crippen LogP contribution is 1.89. The van der Waals surface area contributed by atoms with Crippen molar-refractivity contribution in [2.75, 3.05) is 0 Å². The average molecular weight is 103 g/mol. The van der Waals surface area contributed by atoms with E-state index in [1.807, 2.05) is 0 Å². The first-order chi connectivity index (χ1) is 4.00. The van der Waals surface area contributed by atoms with Crippen LogP contribution in [0.25, 0.3) is 0 Å². The quantitative estimate of drug-likeness (QED) is 0.560. The van der Waals surface area contributed by atoms with Crippen molar-refractivity contribution < 1.29 is 7.54 Å². The summed E-state index contributed by atoms with van der Waals surface area (Å²) in [6.07, 6.45) is -0.965. The monoisotopic (exact) mass is 103 g/mol. The molecule has 0 heterocycles. The molecule has 2 heteroatoms. The van der Waals surface area contributed by atoms with Gasteiger partial charge < -0.3 is 5.73 Å². The molecule has 0 fully saturated rings. The molecule has 42 valence electrons. The van der Waals surface area contributed by atoms with Crippen LogP contribution in [-0.2, 0) is 4.79 Å². The minimum atomic E-state index is -1.81. The molecule has 0 aliphatic carbocycles. The summed E-state index contributed by atoms with van der Waals surface area (Å²) in [4.78, 5) is 10.3. The summed E-state index contributed by atoms with van der Waals surface area (Å²) in [6, 6.07) is 0. The number of hydrogen-bond donors (Lipinski definition) is 1. The Morgan fingerprint density at radius 2 is 2.57 bits per heavy atom. The molecule has 2 N–H and O–H groups in total. The second kappa shape index (κ2) is 3.65. The van der Waals surface area contributed by atoms with Gasteiger partial charge in [-0.25, -0.2) is 0 Å². The Kier molecular flexibility index (Phi) is 1.81. The molecule has 7 heavy (non-hydrogen) atoms. The number of carbonyl (C=O) groups excluding carboxylic acids is 1. The molecule has 1 amide bonds. The minimum absolute atomic E-state index is 0.211. The minimum Gasteiger partial charge on any atom is -0.370 e. The van der Waals surface area contributed by atoms with Crippen molar-refractivity contribution in [1.82, 2.24) is 0 Å². The lowest BCUT2D eigenvalue weighted by Gasteiger charge is -1.86. The largest absolute Gasteiger partial charge is 0.370 e. The molecule has 0 aromatic heterocycles. The number of rotatable bonds is 3. The fraction of sp³-hybridized carbons (Fsp3) is 0.800. The van der Waals surface area contributed by atoms with Crippen LogP contribution in [0.2, 0.25) is 0 Å². The van der Waals surface area contributed by atoms with Gasteiger partial charge in [0.05, 0.1) is 0 Å². The van der Waals surface area contributed by atoms with Gasteiger partial charge in [0.15, 0.2) is 0 Å². The molecule has 0 rings (SSSR count). The van der Waals surface area contributed by atoms with Gasteiger partial charge in [-0.3, -0.25) is 4.79 Å². The van der Waals surface area contributed by atoms with Crippen LogP contribution in [0.4, 0.5) is 0 Å². The van der Waals surface area contributed by atoms with Gasteiger partial charge >= 0.3 is 0 Å². The van der Waals surface area contributed by atoms with Crippen LogP contribution in [0.1, 0.15) is 28.9 Å². The van der Waals surface area contributed by atoms with Crippen molar-refractivity contribution in [3.8, 4) is 0 Å². The second-order valence-corrected chi connectivity index (χ2v) is 1.29. The van der Waals surface area contributed by atoms with Gasteiger partial charge in [0.2, 0.25) is 5.91 Å². The van der Waals surface area contributed by atoms with Crippen molar-refractivity contribution in [3.05, 3.63) is 0 Å². The number of hydrogen-bond acceptors (Lipinski definition) is 1. The average Bonchev–Trinajstić information content (AvgIpc) is 1.65. The SMILES string of the molecule is [2H]C([2H])(CCC)C(N)=O. The topological polar surface area (TPSA) is 43.1 Å². The molecule has 0 radical (unpaired) electrons. The van der Waals surface area contributed by atoms with Gasteiger partial charge in [-0.15, -0.1) is 0 Å². The van der Waals surface area contributed by atoms with E-state index in [-0.39, 0.29) is 6.42 Å². The standard InChI is InChI=1S/C5H11NO/c1-2-3-4-5(6)7/h2-4H2,1H3,(H2,6,7)/i4D2. The molecule has 0 unspecified atom stereocenters. The summed E-state index contributed by atoms with van der Waals surface area (Å²) in [5, 5.41) is 0. The molecular formula is C5H11NO. The second-order valence-electron chi connectivity index (χ2n) is 1.29. The summed E-state index contributed by atoms with van der Waals surface area (Å²) in [5.41, 5.74) is 4.74. The van der Waals surface area contributed by atoms with Gasteiger partial charge in [-0.1, -0.05) is 13.3 Å². The maximum absolute atomic E-state index is 10.3. The van der Waals surface area contributed by atoms with E-state index in [2.05, 4.69) is 0 Å². The summed E-state index contributed by atoms with van der Waals surface area (Å²) >= 11 is 0. The maximum Gasteiger partial charge on any atom is 0.217 e. The fourth-order valence-corrected chi connectivity index (χ4v) is 0.248. The van der Waals surface area contributed by atoms with Gasteiger partial charge in [0.1, 0.15) is 0 Å². The van der Waals surface area contributed by atoms with Crippen LogP contribution in [0, 0.1) is 0 Å². The third-order valence-electron chi connectivity index (χ3n) is 0.549. The molecule has 0 aliphatic rings. The van der Waals surface area contributed by atoms with Crippen LogP contribution in [0.5, 0.6) is 0 Å². The van der Waals surface area contributed by atoms with E-state index in [9.17, 15) is 4.79 Å². The number of carbonyl (C=O) groups is 1. The van der Waals surface area contributed by atoms with Crippen molar-refractivity contribution in [2.24, 2.45) is 5.73 Å². The van der Waals surface area contributed by atoms with E-state index in [1.165, 1.54) is 0 Å². The van der Waals surface area contributed by atoms with Crippen LogP contribution in [0.3, 0.4) is 0 Å². The highest BCUT2D eigenvalue weighted by atomic mass is 16.1. The smallest absolute Gasteiger partial charge is 0.217 e. The Hall–Kier alpha value is -0.530. The highest BCUT2D eigenvalue weighted by molar-refractivity contribution is 5.73. The Balaban J connectivity index is 3.85. The van der Waals surface area contributed by atoms with E-state index in [0.717, 1.165) is 0 Å². The predicted octanol–water partition coefficient (Wildman–Crippen LogP) is 0.662. The lowest BCUT2D eigenvalue weighted by molar-refractivity contribution is -0.118.